The number of amides is 1. The Morgan fingerprint density at radius 2 is 2.04 bits per heavy atom. The van der Waals surface area contributed by atoms with E-state index in [0.29, 0.717) is 23.2 Å². The van der Waals surface area contributed by atoms with E-state index in [-0.39, 0.29) is 11.7 Å². The summed E-state index contributed by atoms with van der Waals surface area (Å²) in [5.74, 6) is 1.48. The number of hydrogen-bond donors (Lipinski definition) is 1. The van der Waals surface area contributed by atoms with E-state index in [1.165, 1.54) is 23.9 Å². The zero-order valence-electron chi connectivity index (χ0n) is 14.8. The molecule has 0 aromatic heterocycles. The molecule has 5 heteroatoms. The number of benzene rings is 2. The van der Waals surface area contributed by atoms with E-state index in [1.54, 1.807) is 13.2 Å². The molecule has 0 saturated carbocycles. The Balaban J connectivity index is 1.93. The van der Waals surface area contributed by atoms with Gasteiger partial charge in [-0.3, -0.25) is 4.79 Å². The molecule has 25 heavy (non-hydrogen) atoms. The number of carbonyl (C=O) groups excluding carboxylic acids is 1. The van der Waals surface area contributed by atoms with Gasteiger partial charge in [0, 0.05) is 17.0 Å². The fourth-order valence-electron chi connectivity index (χ4n) is 2.56. The molecule has 0 aliphatic carbocycles. The third-order valence-electron chi connectivity index (χ3n) is 4.11. The quantitative estimate of drug-likeness (QED) is 0.700. The van der Waals surface area contributed by atoms with E-state index in [4.69, 9.17) is 4.74 Å². The van der Waals surface area contributed by atoms with Crippen molar-refractivity contribution in [1.29, 1.82) is 0 Å². The molecule has 0 saturated heterocycles. The van der Waals surface area contributed by atoms with Gasteiger partial charge in [0.15, 0.2) is 0 Å². The number of halogens is 1. The van der Waals surface area contributed by atoms with Crippen LogP contribution in [0.25, 0.3) is 0 Å². The third kappa shape index (κ3) is 5.49. The summed E-state index contributed by atoms with van der Waals surface area (Å²) < 4.78 is 18.6. The van der Waals surface area contributed by atoms with E-state index in [2.05, 4.69) is 25.2 Å². The molecular weight excluding hydrogens is 337 g/mol. The molecule has 0 bridgehead atoms. The molecule has 0 fully saturated rings. The summed E-state index contributed by atoms with van der Waals surface area (Å²) in [6.07, 6.45) is 1.01. The van der Waals surface area contributed by atoms with Crippen molar-refractivity contribution in [3.8, 4) is 5.75 Å². The number of rotatable bonds is 8. The van der Waals surface area contributed by atoms with E-state index in [9.17, 15) is 9.18 Å². The standard InChI is InChI=1S/C20H24FNO2S/c1-4-14(2)17-7-5-6-8-18(17)22-20(23)13-25-12-15-11-16(21)9-10-19(15)24-3/h5-11,14H,4,12-13H2,1-3H3,(H,22,23)/t14-/m1/s1. The average Bonchev–Trinajstić information content (AvgIpc) is 2.61. The lowest BCUT2D eigenvalue weighted by Crippen LogP contribution is -2.16. The van der Waals surface area contributed by atoms with Crippen molar-refractivity contribution in [2.24, 2.45) is 0 Å². The number of nitrogens with one attached hydrogen (secondary N) is 1. The molecule has 2 aromatic rings. The summed E-state index contributed by atoms with van der Waals surface area (Å²) in [5, 5.41) is 2.99. The highest BCUT2D eigenvalue weighted by Crippen LogP contribution is 2.27. The van der Waals surface area contributed by atoms with Gasteiger partial charge in [0.25, 0.3) is 0 Å². The maximum absolute atomic E-state index is 13.4. The van der Waals surface area contributed by atoms with Crippen molar-refractivity contribution in [3.63, 3.8) is 0 Å². The van der Waals surface area contributed by atoms with Crippen molar-refractivity contribution in [1.82, 2.24) is 0 Å². The smallest absolute Gasteiger partial charge is 0.234 e. The Morgan fingerprint density at radius 1 is 1.28 bits per heavy atom. The first kappa shape index (κ1) is 19.3. The monoisotopic (exact) mass is 361 g/mol. The molecule has 0 radical (unpaired) electrons. The Morgan fingerprint density at radius 3 is 2.76 bits per heavy atom. The molecule has 0 spiro atoms. The molecule has 0 heterocycles. The minimum atomic E-state index is -0.302. The predicted octanol–water partition coefficient (Wildman–Crippen LogP) is 5.22. The SMILES string of the molecule is CC[C@@H](C)c1ccccc1NC(=O)CSCc1cc(F)ccc1OC. The minimum Gasteiger partial charge on any atom is -0.496 e. The Kier molecular flexibility index (Phi) is 7.31. The van der Waals surface area contributed by atoms with Gasteiger partial charge in [-0.1, -0.05) is 32.0 Å². The molecule has 134 valence electrons. The Bertz CT molecular complexity index is 721. The van der Waals surface area contributed by atoms with Crippen molar-refractivity contribution in [2.75, 3.05) is 18.2 Å². The number of thioether (sulfide) groups is 1. The maximum Gasteiger partial charge on any atom is 0.234 e. The Labute approximate surface area is 153 Å². The van der Waals surface area contributed by atoms with Crippen LogP contribution in [0.4, 0.5) is 10.1 Å². The molecular formula is C20H24FNO2S. The van der Waals surface area contributed by atoms with Crippen LogP contribution in [0.3, 0.4) is 0 Å². The van der Waals surface area contributed by atoms with E-state index in [1.807, 2.05) is 18.2 Å². The normalized spacial score (nSPS) is 11.8. The highest BCUT2D eigenvalue weighted by Gasteiger charge is 2.12. The lowest BCUT2D eigenvalue weighted by Gasteiger charge is -2.15. The number of ether oxygens (including phenoxy) is 1. The number of hydrogen-bond acceptors (Lipinski definition) is 3. The second-order valence-corrected chi connectivity index (χ2v) is 6.88. The summed E-state index contributed by atoms with van der Waals surface area (Å²) >= 11 is 1.43. The van der Waals surface area contributed by atoms with Crippen LogP contribution in [0.15, 0.2) is 42.5 Å². The zero-order valence-corrected chi connectivity index (χ0v) is 15.7. The highest BCUT2D eigenvalue weighted by molar-refractivity contribution is 7.99. The first-order chi connectivity index (χ1) is 12.0. The summed E-state index contributed by atoms with van der Waals surface area (Å²) in [7, 11) is 1.56. The van der Waals surface area contributed by atoms with Crippen LogP contribution in [0, 0.1) is 5.82 Å². The number of para-hydroxylation sites is 1. The van der Waals surface area contributed by atoms with Crippen molar-refractivity contribution in [3.05, 3.63) is 59.4 Å². The van der Waals surface area contributed by atoms with Gasteiger partial charge in [0.1, 0.15) is 11.6 Å². The fraction of sp³-hybridized carbons (Fsp3) is 0.350. The van der Waals surface area contributed by atoms with Crippen molar-refractivity contribution >= 4 is 23.4 Å². The summed E-state index contributed by atoms with van der Waals surface area (Å²) in [6, 6.07) is 12.3. The summed E-state index contributed by atoms with van der Waals surface area (Å²) in [5.41, 5.74) is 2.77. The number of carbonyl (C=O) groups is 1. The van der Waals surface area contributed by atoms with Crippen LogP contribution >= 0.6 is 11.8 Å². The largest absolute Gasteiger partial charge is 0.496 e. The van der Waals surface area contributed by atoms with Crippen LogP contribution in [-0.2, 0) is 10.5 Å². The van der Waals surface area contributed by atoms with Crippen molar-refractivity contribution < 1.29 is 13.9 Å². The third-order valence-corrected chi connectivity index (χ3v) is 5.09. The molecule has 1 N–H and O–H groups in total. The van der Waals surface area contributed by atoms with Crippen LogP contribution in [0.1, 0.15) is 37.3 Å². The molecule has 0 aliphatic heterocycles. The topological polar surface area (TPSA) is 38.3 Å². The lowest BCUT2D eigenvalue weighted by atomic mass is 9.97. The molecule has 1 atom stereocenters. The molecule has 3 nitrogen and oxygen atoms in total. The fourth-order valence-corrected chi connectivity index (χ4v) is 3.37. The lowest BCUT2D eigenvalue weighted by molar-refractivity contribution is -0.113. The number of methoxy groups -OCH3 is 1. The van der Waals surface area contributed by atoms with Gasteiger partial charge < -0.3 is 10.1 Å². The Hall–Kier alpha value is -2.01. The molecule has 2 aromatic carbocycles. The highest BCUT2D eigenvalue weighted by atomic mass is 32.2. The number of anilines is 1. The van der Waals surface area contributed by atoms with E-state index < -0.39 is 0 Å². The van der Waals surface area contributed by atoms with Gasteiger partial charge in [0.05, 0.1) is 12.9 Å². The van der Waals surface area contributed by atoms with Crippen LogP contribution in [0.5, 0.6) is 5.75 Å². The van der Waals surface area contributed by atoms with Gasteiger partial charge in [-0.05, 0) is 42.2 Å². The van der Waals surface area contributed by atoms with Crippen LogP contribution in [0.2, 0.25) is 0 Å². The van der Waals surface area contributed by atoms with Crippen LogP contribution in [-0.4, -0.2) is 18.8 Å². The molecule has 0 aliphatic rings. The predicted molar refractivity (Wildman–Crippen MR) is 103 cm³/mol. The van der Waals surface area contributed by atoms with Gasteiger partial charge in [-0.25, -0.2) is 4.39 Å². The first-order valence-electron chi connectivity index (χ1n) is 8.34. The van der Waals surface area contributed by atoms with E-state index in [0.717, 1.165) is 23.2 Å². The van der Waals surface area contributed by atoms with Gasteiger partial charge in [-0.2, -0.15) is 0 Å². The summed E-state index contributed by atoms with van der Waals surface area (Å²) in [4.78, 5) is 12.2. The second-order valence-electron chi connectivity index (χ2n) is 5.89. The van der Waals surface area contributed by atoms with Crippen molar-refractivity contribution in [2.45, 2.75) is 31.9 Å². The zero-order chi connectivity index (χ0) is 18.2. The average molecular weight is 361 g/mol. The molecule has 0 unspecified atom stereocenters. The first-order valence-corrected chi connectivity index (χ1v) is 9.49. The van der Waals surface area contributed by atoms with Crippen LogP contribution < -0.4 is 10.1 Å². The second kappa shape index (κ2) is 9.47. The molecule has 2 rings (SSSR count). The summed E-state index contributed by atoms with van der Waals surface area (Å²) in [6.45, 7) is 4.28. The van der Waals surface area contributed by atoms with Gasteiger partial charge >= 0.3 is 0 Å². The van der Waals surface area contributed by atoms with Gasteiger partial charge in [-0.15, -0.1) is 11.8 Å². The van der Waals surface area contributed by atoms with E-state index >= 15 is 0 Å². The minimum absolute atomic E-state index is 0.0591. The maximum atomic E-state index is 13.4. The molecule has 1 amide bonds. The van der Waals surface area contributed by atoms with Gasteiger partial charge in [0.2, 0.25) is 5.91 Å².